The van der Waals surface area contributed by atoms with E-state index in [0.29, 0.717) is 24.3 Å². The van der Waals surface area contributed by atoms with Crippen LogP contribution in [-0.4, -0.2) is 73.8 Å². The van der Waals surface area contributed by atoms with Gasteiger partial charge in [0.05, 0.1) is 7.11 Å². The number of nitrogens with one attached hydrogen (secondary N) is 1. The molecule has 0 spiro atoms. The molecular formula is C20H29N3O4. The maximum absolute atomic E-state index is 12.2. The zero-order valence-electron chi connectivity index (χ0n) is 16.2. The number of ether oxygens (including phenoxy) is 1. The third-order valence-corrected chi connectivity index (χ3v) is 4.80. The van der Waals surface area contributed by atoms with E-state index in [1.165, 1.54) is 0 Å². The highest BCUT2D eigenvalue weighted by Gasteiger charge is 2.19. The number of amides is 2. The molecule has 0 aromatic heterocycles. The van der Waals surface area contributed by atoms with Crippen LogP contribution in [-0.2, 0) is 9.59 Å². The number of Topliss-reactive ketones (excluding diaryl/α,β-unsaturated/α-hetero) is 1. The Balaban J connectivity index is 1.64. The molecule has 7 heteroatoms. The number of rotatable bonds is 9. The van der Waals surface area contributed by atoms with Crippen LogP contribution in [0.25, 0.3) is 0 Å². The van der Waals surface area contributed by atoms with Crippen LogP contribution >= 0.6 is 0 Å². The molecule has 1 heterocycles. The highest BCUT2D eigenvalue weighted by molar-refractivity contribution is 5.98. The standard InChI is InChI=1S/C20H29N3O4/c1-3-22-11-13-23(14-12-22)20(26)9-10-21-19(25)8-7-18(24)16-5-4-6-17(15-16)27-2/h4-6,15H,3,7-14H2,1-2H3,(H,21,25). The van der Waals surface area contributed by atoms with E-state index in [-0.39, 0.29) is 30.4 Å². The number of nitrogens with zero attached hydrogens (tertiary/aromatic N) is 2. The van der Waals surface area contributed by atoms with E-state index in [4.69, 9.17) is 4.74 Å². The normalized spacial score (nSPS) is 14.7. The molecule has 0 aliphatic carbocycles. The van der Waals surface area contributed by atoms with Crippen molar-refractivity contribution in [3.63, 3.8) is 0 Å². The van der Waals surface area contributed by atoms with Gasteiger partial charge in [-0.3, -0.25) is 14.4 Å². The van der Waals surface area contributed by atoms with Gasteiger partial charge in [-0.1, -0.05) is 19.1 Å². The minimum atomic E-state index is -0.213. The monoisotopic (exact) mass is 375 g/mol. The van der Waals surface area contributed by atoms with Crippen LogP contribution in [0, 0.1) is 0 Å². The van der Waals surface area contributed by atoms with Crippen molar-refractivity contribution in [2.24, 2.45) is 0 Å². The van der Waals surface area contributed by atoms with Crippen molar-refractivity contribution in [2.75, 3.05) is 46.4 Å². The van der Waals surface area contributed by atoms with Gasteiger partial charge in [0.25, 0.3) is 0 Å². The van der Waals surface area contributed by atoms with E-state index < -0.39 is 0 Å². The summed E-state index contributed by atoms with van der Waals surface area (Å²) >= 11 is 0. The third-order valence-electron chi connectivity index (χ3n) is 4.80. The predicted molar refractivity (Wildman–Crippen MR) is 103 cm³/mol. The fraction of sp³-hybridized carbons (Fsp3) is 0.550. The van der Waals surface area contributed by atoms with Gasteiger partial charge in [-0.05, 0) is 18.7 Å². The minimum absolute atomic E-state index is 0.0681. The smallest absolute Gasteiger partial charge is 0.224 e. The number of ketones is 1. The average Bonchev–Trinajstić information content (AvgIpc) is 2.72. The molecule has 1 aliphatic rings. The number of hydrogen-bond donors (Lipinski definition) is 1. The van der Waals surface area contributed by atoms with Crippen LogP contribution in [0.1, 0.15) is 36.5 Å². The lowest BCUT2D eigenvalue weighted by atomic mass is 10.1. The Hall–Kier alpha value is -2.41. The van der Waals surface area contributed by atoms with Gasteiger partial charge in [0.2, 0.25) is 11.8 Å². The van der Waals surface area contributed by atoms with Crippen molar-refractivity contribution in [1.29, 1.82) is 0 Å². The van der Waals surface area contributed by atoms with Crippen LogP contribution in [0.3, 0.4) is 0 Å². The van der Waals surface area contributed by atoms with E-state index in [0.717, 1.165) is 32.7 Å². The number of carbonyl (C=O) groups excluding carboxylic acids is 3. The minimum Gasteiger partial charge on any atom is -0.497 e. The summed E-state index contributed by atoms with van der Waals surface area (Å²) in [4.78, 5) is 40.4. The maximum atomic E-state index is 12.2. The fourth-order valence-corrected chi connectivity index (χ4v) is 3.04. The Kier molecular flexibility index (Phi) is 8.26. The van der Waals surface area contributed by atoms with Gasteiger partial charge >= 0.3 is 0 Å². The first-order valence-corrected chi connectivity index (χ1v) is 9.47. The Morgan fingerprint density at radius 3 is 2.48 bits per heavy atom. The number of piperazine rings is 1. The first kappa shape index (κ1) is 20.9. The third kappa shape index (κ3) is 6.67. The second-order valence-corrected chi connectivity index (χ2v) is 6.57. The van der Waals surface area contributed by atoms with E-state index >= 15 is 0 Å². The van der Waals surface area contributed by atoms with Crippen molar-refractivity contribution in [1.82, 2.24) is 15.1 Å². The first-order valence-electron chi connectivity index (χ1n) is 9.47. The van der Waals surface area contributed by atoms with Crippen molar-refractivity contribution in [3.8, 4) is 5.75 Å². The van der Waals surface area contributed by atoms with Gasteiger partial charge in [-0.25, -0.2) is 0 Å². The van der Waals surface area contributed by atoms with Crippen LogP contribution < -0.4 is 10.1 Å². The molecule has 0 atom stereocenters. The number of likely N-dealkylation sites (N-methyl/N-ethyl adjacent to an activating group) is 1. The lowest BCUT2D eigenvalue weighted by Crippen LogP contribution is -2.49. The van der Waals surface area contributed by atoms with Crippen LogP contribution in [0.5, 0.6) is 5.75 Å². The van der Waals surface area contributed by atoms with Gasteiger partial charge in [-0.2, -0.15) is 0 Å². The van der Waals surface area contributed by atoms with Gasteiger partial charge in [0.15, 0.2) is 5.78 Å². The summed E-state index contributed by atoms with van der Waals surface area (Å²) in [7, 11) is 1.54. The van der Waals surface area contributed by atoms with Crippen molar-refractivity contribution in [3.05, 3.63) is 29.8 Å². The van der Waals surface area contributed by atoms with E-state index in [2.05, 4.69) is 17.1 Å². The molecule has 148 valence electrons. The molecule has 7 nitrogen and oxygen atoms in total. The molecule has 0 unspecified atom stereocenters. The number of methoxy groups -OCH3 is 1. The van der Waals surface area contributed by atoms with E-state index in [1.54, 1.807) is 31.4 Å². The Bertz CT molecular complexity index is 654. The zero-order chi connectivity index (χ0) is 19.6. The Morgan fingerprint density at radius 1 is 1.07 bits per heavy atom. The second kappa shape index (κ2) is 10.7. The van der Waals surface area contributed by atoms with Gasteiger partial charge in [-0.15, -0.1) is 0 Å². The quantitative estimate of drug-likeness (QED) is 0.659. The molecule has 2 rings (SSSR count). The molecule has 0 saturated carbocycles. The highest BCUT2D eigenvalue weighted by atomic mass is 16.5. The number of carbonyl (C=O) groups is 3. The maximum Gasteiger partial charge on any atom is 0.224 e. The summed E-state index contributed by atoms with van der Waals surface area (Å²) in [6.07, 6.45) is 0.535. The zero-order valence-corrected chi connectivity index (χ0v) is 16.2. The summed E-state index contributed by atoms with van der Waals surface area (Å²) in [6.45, 7) is 6.73. The van der Waals surface area contributed by atoms with Gasteiger partial charge in [0.1, 0.15) is 5.75 Å². The summed E-state index contributed by atoms with van der Waals surface area (Å²) < 4.78 is 5.10. The summed E-state index contributed by atoms with van der Waals surface area (Å²) in [5.74, 6) is 0.367. The summed E-state index contributed by atoms with van der Waals surface area (Å²) in [5.41, 5.74) is 0.531. The molecule has 27 heavy (non-hydrogen) atoms. The number of benzene rings is 1. The largest absolute Gasteiger partial charge is 0.497 e. The van der Waals surface area contributed by atoms with E-state index in [9.17, 15) is 14.4 Å². The highest BCUT2D eigenvalue weighted by Crippen LogP contribution is 2.14. The van der Waals surface area contributed by atoms with Crippen molar-refractivity contribution in [2.45, 2.75) is 26.2 Å². The molecule has 1 fully saturated rings. The van der Waals surface area contributed by atoms with Crippen LogP contribution in [0.2, 0.25) is 0 Å². The van der Waals surface area contributed by atoms with E-state index in [1.807, 2.05) is 4.90 Å². The van der Waals surface area contributed by atoms with Gasteiger partial charge < -0.3 is 19.9 Å². The Morgan fingerprint density at radius 2 is 1.81 bits per heavy atom. The van der Waals surface area contributed by atoms with Crippen molar-refractivity contribution >= 4 is 17.6 Å². The lowest BCUT2D eigenvalue weighted by molar-refractivity contribution is -0.132. The topological polar surface area (TPSA) is 79.0 Å². The van der Waals surface area contributed by atoms with Crippen LogP contribution in [0.4, 0.5) is 0 Å². The Labute approximate surface area is 160 Å². The number of hydrogen-bond acceptors (Lipinski definition) is 5. The SMILES string of the molecule is CCN1CCN(C(=O)CCNC(=O)CCC(=O)c2cccc(OC)c2)CC1. The molecule has 1 aromatic rings. The molecule has 1 aliphatic heterocycles. The second-order valence-electron chi connectivity index (χ2n) is 6.57. The van der Waals surface area contributed by atoms with Gasteiger partial charge in [0, 0.05) is 57.5 Å². The first-order chi connectivity index (χ1) is 13.0. The molecule has 1 N–H and O–H groups in total. The van der Waals surface area contributed by atoms with Crippen LogP contribution in [0.15, 0.2) is 24.3 Å². The molecular weight excluding hydrogens is 346 g/mol. The molecule has 1 saturated heterocycles. The predicted octanol–water partition coefficient (Wildman–Crippen LogP) is 1.33. The molecule has 1 aromatic carbocycles. The summed E-state index contributed by atoms with van der Waals surface area (Å²) in [6, 6.07) is 6.89. The molecule has 0 bridgehead atoms. The lowest BCUT2D eigenvalue weighted by Gasteiger charge is -2.34. The fourth-order valence-electron chi connectivity index (χ4n) is 3.04. The molecule has 2 amide bonds. The molecule has 0 radical (unpaired) electrons. The summed E-state index contributed by atoms with van der Waals surface area (Å²) in [5, 5.41) is 2.73. The van der Waals surface area contributed by atoms with Crippen molar-refractivity contribution < 1.29 is 19.1 Å². The average molecular weight is 375 g/mol.